The minimum atomic E-state index is -3.63. The zero-order valence-electron chi connectivity index (χ0n) is 22.7. The summed E-state index contributed by atoms with van der Waals surface area (Å²) >= 11 is 0. The summed E-state index contributed by atoms with van der Waals surface area (Å²) in [5.41, 5.74) is 2.35. The fourth-order valence-corrected chi connectivity index (χ4v) is 6.01. The predicted octanol–water partition coefficient (Wildman–Crippen LogP) is 4.94. The number of nitrogens with zero attached hydrogens (tertiary/aromatic N) is 2. The van der Waals surface area contributed by atoms with Crippen LogP contribution in [0.1, 0.15) is 69.4 Å². The van der Waals surface area contributed by atoms with Gasteiger partial charge in [-0.15, -0.1) is 0 Å². The van der Waals surface area contributed by atoms with Crippen molar-refractivity contribution in [3.63, 3.8) is 0 Å². The van der Waals surface area contributed by atoms with E-state index in [4.69, 9.17) is 0 Å². The molecule has 1 aliphatic carbocycles. The topological polar surface area (TPSA) is 86.8 Å². The summed E-state index contributed by atoms with van der Waals surface area (Å²) < 4.78 is 39.4. The summed E-state index contributed by atoms with van der Waals surface area (Å²) in [6, 6.07) is 12.5. The number of carbonyl (C=O) groups excluding carboxylic acids is 2. The van der Waals surface area contributed by atoms with Gasteiger partial charge in [0.15, 0.2) is 0 Å². The summed E-state index contributed by atoms with van der Waals surface area (Å²) in [5, 5.41) is 3.17. The Balaban J connectivity index is 1.76. The summed E-state index contributed by atoms with van der Waals surface area (Å²) in [4.78, 5) is 28.6. The molecule has 1 saturated carbocycles. The maximum absolute atomic E-state index is 13.6. The Morgan fingerprint density at radius 1 is 1.05 bits per heavy atom. The van der Waals surface area contributed by atoms with Crippen LogP contribution in [0.5, 0.6) is 0 Å². The Morgan fingerprint density at radius 2 is 1.71 bits per heavy atom. The monoisotopic (exact) mass is 545 g/mol. The van der Waals surface area contributed by atoms with Crippen molar-refractivity contribution < 1.29 is 22.4 Å². The molecule has 0 bridgehead atoms. The molecular weight excluding hydrogens is 505 g/mol. The average molecular weight is 546 g/mol. The minimum absolute atomic E-state index is 0.0689. The van der Waals surface area contributed by atoms with Gasteiger partial charge in [-0.3, -0.25) is 13.9 Å². The lowest BCUT2D eigenvalue weighted by Crippen LogP contribution is -2.51. The van der Waals surface area contributed by atoms with Crippen LogP contribution in [-0.2, 0) is 26.2 Å². The van der Waals surface area contributed by atoms with Crippen LogP contribution in [0.25, 0.3) is 0 Å². The van der Waals surface area contributed by atoms with Gasteiger partial charge >= 0.3 is 0 Å². The lowest BCUT2D eigenvalue weighted by atomic mass is 9.95. The van der Waals surface area contributed by atoms with Gasteiger partial charge < -0.3 is 10.2 Å². The highest BCUT2D eigenvalue weighted by molar-refractivity contribution is 7.92. The molecule has 2 amide bonds. The van der Waals surface area contributed by atoms with Gasteiger partial charge in [0.05, 0.1) is 11.9 Å². The molecule has 9 heteroatoms. The van der Waals surface area contributed by atoms with Gasteiger partial charge in [-0.05, 0) is 68.0 Å². The zero-order valence-corrected chi connectivity index (χ0v) is 23.5. The molecule has 3 rings (SSSR count). The first-order chi connectivity index (χ1) is 18.1. The lowest BCUT2D eigenvalue weighted by molar-refractivity contribution is -0.141. The van der Waals surface area contributed by atoms with E-state index in [2.05, 4.69) is 5.32 Å². The predicted molar refractivity (Wildman–Crippen MR) is 149 cm³/mol. The Kier molecular flexibility index (Phi) is 10.7. The van der Waals surface area contributed by atoms with Crippen LogP contribution < -0.4 is 9.62 Å². The maximum Gasteiger partial charge on any atom is 0.243 e. The number of amides is 2. The SMILES string of the molecule is CCC(C(=O)NC1CCCCC1)N(Cc1ccccc1C)C(=O)CCCN(c1ccc(F)cc1)S(C)(=O)=O. The number of carbonyl (C=O) groups is 2. The molecule has 0 heterocycles. The number of halogens is 1. The molecule has 1 atom stereocenters. The van der Waals surface area contributed by atoms with Gasteiger partial charge in [0.25, 0.3) is 0 Å². The first-order valence-corrected chi connectivity index (χ1v) is 15.3. The number of rotatable bonds is 12. The first kappa shape index (κ1) is 29.6. The molecule has 1 unspecified atom stereocenters. The smallest absolute Gasteiger partial charge is 0.243 e. The van der Waals surface area contributed by atoms with Gasteiger partial charge in [0.2, 0.25) is 21.8 Å². The zero-order chi connectivity index (χ0) is 27.7. The molecule has 0 spiro atoms. The Labute approximate surface area is 226 Å². The van der Waals surface area contributed by atoms with E-state index < -0.39 is 21.9 Å². The van der Waals surface area contributed by atoms with Crippen LogP contribution >= 0.6 is 0 Å². The van der Waals surface area contributed by atoms with E-state index >= 15 is 0 Å². The van der Waals surface area contributed by atoms with E-state index in [0.717, 1.165) is 43.1 Å². The Bertz CT molecular complexity index is 1180. The molecule has 0 aliphatic heterocycles. The fraction of sp³-hybridized carbons (Fsp3) is 0.517. The van der Waals surface area contributed by atoms with E-state index in [-0.39, 0.29) is 37.2 Å². The molecule has 1 aliphatic rings. The molecule has 208 valence electrons. The lowest BCUT2D eigenvalue weighted by Gasteiger charge is -2.33. The molecule has 2 aromatic rings. The third-order valence-electron chi connectivity index (χ3n) is 7.21. The molecule has 0 radical (unpaired) electrons. The van der Waals surface area contributed by atoms with Crippen molar-refractivity contribution in [2.45, 2.75) is 83.8 Å². The fourth-order valence-electron chi connectivity index (χ4n) is 5.05. The highest BCUT2D eigenvalue weighted by atomic mass is 32.2. The van der Waals surface area contributed by atoms with Gasteiger partial charge in [0.1, 0.15) is 11.9 Å². The molecule has 2 aromatic carbocycles. The van der Waals surface area contributed by atoms with Crippen LogP contribution in [0.4, 0.5) is 10.1 Å². The highest BCUT2D eigenvalue weighted by Gasteiger charge is 2.30. The average Bonchev–Trinajstić information content (AvgIpc) is 2.88. The Morgan fingerprint density at radius 3 is 2.32 bits per heavy atom. The van der Waals surface area contributed by atoms with Gasteiger partial charge in [-0.1, -0.05) is 50.5 Å². The summed E-state index contributed by atoms with van der Waals surface area (Å²) in [6.07, 6.45) is 7.19. The summed E-state index contributed by atoms with van der Waals surface area (Å²) in [6.45, 7) is 4.26. The van der Waals surface area contributed by atoms with Crippen LogP contribution in [0, 0.1) is 12.7 Å². The number of nitrogens with one attached hydrogen (secondary N) is 1. The second-order valence-electron chi connectivity index (χ2n) is 10.1. The van der Waals surface area contributed by atoms with Gasteiger partial charge in [-0.25, -0.2) is 12.8 Å². The third-order valence-corrected chi connectivity index (χ3v) is 8.40. The highest BCUT2D eigenvalue weighted by Crippen LogP contribution is 2.22. The van der Waals surface area contributed by atoms with Crippen LogP contribution in [-0.4, -0.2) is 50.0 Å². The van der Waals surface area contributed by atoms with E-state index in [1.54, 1.807) is 4.90 Å². The van der Waals surface area contributed by atoms with E-state index in [0.29, 0.717) is 18.7 Å². The van der Waals surface area contributed by atoms with E-state index in [1.807, 2.05) is 38.1 Å². The molecule has 38 heavy (non-hydrogen) atoms. The number of hydrogen-bond acceptors (Lipinski definition) is 4. The Hall–Kier alpha value is -2.94. The van der Waals surface area contributed by atoms with Gasteiger partial charge in [-0.2, -0.15) is 0 Å². The molecule has 1 fully saturated rings. The van der Waals surface area contributed by atoms with Crippen LogP contribution in [0.3, 0.4) is 0 Å². The molecule has 1 N–H and O–H groups in total. The normalized spacial score (nSPS) is 15.1. The second kappa shape index (κ2) is 13.7. The van der Waals surface area contributed by atoms with Crippen molar-refractivity contribution >= 4 is 27.5 Å². The number of sulfonamides is 1. The molecule has 0 aromatic heterocycles. The van der Waals surface area contributed by atoms with E-state index in [9.17, 15) is 22.4 Å². The first-order valence-electron chi connectivity index (χ1n) is 13.5. The van der Waals surface area contributed by atoms with Crippen molar-refractivity contribution in [1.29, 1.82) is 0 Å². The minimum Gasteiger partial charge on any atom is -0.352 e. The number of hydrogen-bond donors (Lipinski definition) is 1. The third kappa shape index (κ3) is 8.28. The number of aryl methyl sites for hydroxylation is 1. The molecular formula is C29H40FN3O4S. The summed E-state index contributed by atoms with van der Waals surface area (Å²) in [7, 11) is -3.63. The van der Waals surface area contributed by atoms with E-state index in [1.165, 1.54) is 35.0 Å². The maximum atomic E-state index is 13.6. The number of anilines is 1. The van der Waals surface area contributed by atoms with Crippen molar-refractivity contribution in [2.75, 3.05) is 17.1 Å². The molecule has 7 nitrogen and oxygen atoms in total. The van der Waals surface area contributed by atoms with Crippen molar-refractivity contribution in [1.82, 2.24) is 10.2 Å². The number of benzene rings is 2. The van der Waals surface area contributed by atoms with Gasteiger partial charge in [0, 0.05) is 25.6 Å². The van der Waals surface area contributed by atoms with Crippen molar-refractivity contribution in [2.24, 2.45) is 0 Å². The van der Waals surface area contributed by atoms with Crippen LogP contribution in [0.2, 0.25) is 0 Å². The largest absolute Gasteiger partial charge is 0.352 e. The standard InChI is InChI=1S/C29H40FN3O4S/c1-4-27(29(35)31-25-13-6-5-7-14-25)32(21-23-12-9-8-11-22(23)2)28(34)15-10-20-33(38(3,36)37)26-18-16-24(30)17-19-26/h8-9,11-12,16-19,25,27H,4-7,10,13-15,20-21H2,1-3H3,(H,31,35). The second-order valence-corrected chi connectivity index (χ2v) is 12.0. The quantitative estimate of drug-likeness (QED) is 0.410. The van der Waals surface area contributed by atoms with Crippen LogP contribution in [0.15, 0.2) is 48.5 Å². The van der Waals surface area contributed by atoms with Crippen molar-refractivity contribution in [3.05, 3.63) is 65.5 Å². The summed E-state index contributed by atoms with van der Waals surface area (Å²) in [5.74, 6) is -0.793. The van der Waals surface area contributed by atoms with Crippen molar-refractivity contribution in [3.8, 4) is 0 Å². The molecule has 0 saturated heterocycles.